The number of carbonyl (C=O) groups is 2. The van der Waals surface area contributed by atoms with Crippen molar-refractivity contribution >= 4 is 22.8 Å². The van der Waals surface area contributed by atoms with Gasteiger partial charge in [-0.05, 0) is 36.2 Å². The van der Waals surface area contributed by atoms with Gasteiger partial charge >= 0.3 is 5.97 Å². The number of amides is 1. The molecule has 1 amide bonds. The molecule has 1 aromatic heterocycles. The summed E-state index contributed by atoms with van der Waals surface area (Å²) in [5.41, 5.74) is 3.88. The van der Waals surface area contributed by atoms with Crippen LogP contribution in [0.3, 0.4) is 0 Å². The van der Waals surface area contributed by atoms with E-state index in [1.807, 2.05) is 26.0 Å². The SMILES string of the molecule is COC(=O)c1ccc2[nH]c3c(c2c1)CN(C(=O)C(Oc1ccccc1C#N)C(C)C)CC3. The zero-order valence-electron chi connectivity index (χ0n) is 18.3. The fourth-order valence-corrected chi connectivity index (χ4v) is 4.10. The molecule has 0 aliphatic carbocycles. The predicted octanol–water partition coefficient (Wildman–Crippen LogP) is 3.81. The number of hydrogen-bond donors (Lipinski definition) is 1. The van der Waals surface area contributed by atoms with Gasteiger partial charge in [-0.2, -0.15) is 5.26 Å². The zero-order valence-corrected chi connectivity index (χ0v) is 18.3. The molecule has 0 spiro atoms. The molecule has 2 heterocycles. The lowest BCUT2D eigenvalue weighted by Gasteiger charge is -2.32. The van der Waals surface area contributed by atoms with Crippen LogP contribution in [0.1, 0.15) is 41.0 Å². The fourth-order valence-electron chi connectivity index (χ4n) is 4.10. The Morgan fingerprint density at radius 3 is 2.69 bits per heavy atom. The van der Waals surface area contributed by atoms with Crippen LogP contribution >= 0.6 is 0 Å². The number of fused-ring (bicyclic) bond motifs is 3. The van der Waals surface area contributed by atoms with Crippen molar-refractivity contribution < 1.29 is 19.1 Å². The second-order valence-electron chi connectivity index (χ2n) is 8.23. The maximum atomic E-state index is 13.5. The summed E-state index contributed by atoms with van der Waals surface area (Å²) in [6.45, 7) is 4.85. The summed E-state index contributed by atoms with van der Waals surface area (Å²) < 4.78 is 10.9. The quantitative estimate of drug-likeness (QED) is 0.620. The van der Waals surface area contributed by atoms with Crippen molar-refractivity contribution in [3.63, 3.8) is 0 Å². The first-order valence-electron chi connectivity index (χ1n) is 10.6. The minimum Gasteiger partial charge on any atom is -0.479 e. The molecule has 7 nitrogen and oxygen atoms in total. The van der Waals surface area contributed by atoms with E-state index in [2.05, 4.69) is 11.1 Å². The Hall–Kier alpha value is -3.79. The van der Waals surface area contributed by atoms with Gasteiger partial charge in [-0.15, -0.1) is 0 Å². The number of carbonyl (C=O) groups excluding carboxylic acids is 2. The monoisotopic (exact) mass is 431 g/mol. The molecule has 1 aliphatic heterocycles. The van der Waals surface area contributed by atoms with Gasteiger partial charge < -0.3 is 19.4 Å². The van der Waals surface area contributed by atoms with Crippen LogP contribution in [0, 0.1) is 17.2 Å². The number of H-pyrrole nitrogens is 1. The summed E-state index contributed by atoms with van der Waals surface area (Å²) in [5.74, 6) is -0.175. The molecule has 4 rings (SSSR count). The first kappa shape index (κ1) is 21.4. The van der Waals surface area contributed by atoms with Crippen molar-refractivity contribution in [3.05, 3.63) is 64.8 Å². The second kappa shape index (κ2) is 8.75. The summed E-state index contributed by atoms with van der Waals surface area (Å²) in [6.07, 6.45) is -0.0231. The highest BCUT2D eigenvalue weighted by Gasteiger charge is 2.32. The summed E-state index contributed by atoms with van der Waals surface area (Å²) in [4.78, 5) is 30.6. The standard InChI is InChI=1S/C25H25N3O4/c1-15(2)23(32-22-7-5-4-6-17(22)13-26)24(29)28-11-10-21-19(14-28)18-12-16(25(30)31-3)8-9-20(18)27-21/h4-9,12,15,23,27H,10-11,14H2,1-3H3. The number of nitriles is 1. The number of rotatable bonds is 5. The van der Waals surface area contributed by atoms with E-state index >= 15 is 0 Å². The Balaban J connectivity index is 1.61. The number of para-hydroxylation sites is 1. The molecule has 164 valence electrons. The smallest absolute Gasteiger partial charge is 0.337 e. The summed E-state index contributed by atoms with van der Waals surface area (Å²) in [6, 6.07) is 14.5. The van der Waals surface area contributed by atoms with Gasteiger partial charge in [-0.1, -0.05) is 26.0 Å². The van der Waals surface area contributed by atoms with Crippen LogP contribution in [0.4, 0.5) is 0 Å². The van der Waals surface area contributed by atoms with Crippen molar-refractivity contribution in [3.8, 4) is 11.8 Å². The molecule has 2 aromatic carbocycles. The first-order chi connectivity index (χ1) is 15.4. The Morgan fingerprint density at radius 1 is 1.19 bits per heavy atom. The minimum atomic E-state index is -0.707. The van der Waals surface area contributed by atoms with Crippen LogP contribution < -0.4 is 4.74 Å². The molecule has 0 radical (unpaired) electrons. The molecule has 0 saturated carbocycles. The number of ether oxygens (including phenoxy) is 2. The van der Waals surface area contributed by atoms with E-state index in [-0.39, 0.29) is 11.8 Å². The van der Waals surface area contributed by atoms with E-state index in [9.17, 15) is 14.9 Å². The maximum absolute atomic E-state index is 13.5. The maximum Gasteiger partial charge on any atom is 0.337 e. The van der Waals surface area contributed by atoms with Crippen LogP contribution in [-0.4, -0.2) is 41.5 Å². The summed E-state index contributed by atoms with van der Waals surface area (Å²) in [7, 11) is 1.36. The van der Waals surface area contributed by atoms with Gasteiger partial charge in [-0.3, -0.25) is 4.79 Å². The third-order valence-corrected chi connectivity index (χ3v) is 5.82. The van der Waals surface area contributed by atoms with Crippen LogP contribution in [0.5, 0.6) is 5.75 Å². The van der Waals surface area contributed by atoms with E-state index in [1.54, 1.807) is 35.2 Å². The number of benzene rings is 2. The molecular formula is C25H25N3O4. The second-order valence-corrected chi connectivity index (χ2v) is 8.23. The number of aromatic amines is 1. The lowest BCUT2D eigenvalue weighted by molar-refractivity contribution is -0.141. The van der Waals surface area contributed by atoms with Gasteiger partial charge in [-0.25, -0.2) is 4.79 Å². The van der Waals surface area contributed by atoms with Crippen molar-refractivity contribution in [2.75, 3.05) is 13.7 Å². The number of nitrogens with zero attached hydrogens (tertiary/aromatic N) is 2. The lowest BCUT2D eigenvalue weighted by Crippen LogP contribution is -2.46. The lowest BCUT2D eigenvalue weighted by atomic mass is 10.0. The Bertz CT molecular complexity index is 1220. The van der Waals surface area contributed by atoms with E-state index in [0.29, 0.717) is 36.4 Å². The number of nitrogens with one attached hydrogen (secondary N) is 1. The molecule has 1 atom stereocenters. The number of hydrogen-bond acceptors (Lipinski definition) is 5. The van der Waals surface area contributed by atoms with E-state index in [4.69, 9.17) is 9.47 Å². The van der Waals surface area contributed by atoms with Crippen molar-refractivity contribution in [1.82, 2.24) is 9.88 Å². The summed E-state index contributed by atoms with van der Waals surface area (Å²) >= 11 is 0. The van der Waals surface area contributed by atoms with Gasteiger partial charge in [0.2, 0.25) is 0 Å². The topological polar surface area (TPSA) is 95.4 Å². The van der Waals surface area contributed by atoms with Gasteiger partial charge in [0.15, 0.2) is 6.10 Å². The molecule has 0 saturated heterocycles. The molecule has 1 aliphatic rings. The van der Waals surface area contributed by atoms with Crippen molar-refractivity contribution in [2.24, 2.45) is 5.92 Å². The van der Waals surface area contributed by atoms with Crippen LogP contribution in [0.15, 0.2) is 42.5 Å². The van der Waals surface area contributed by atoms with Gasteiger partial charge in [0.05, 0.1) is 18.2 Å². The third-order valence-electron chi connectivity index (χ3n) is 5.82. The number of aromatic nitrogens is 1. The molecule has 1 unspecified atom stereocenters. The largest absolute Gasteiger partial charge is 0.479 e. The van der Waals surface area contributed by atoms with E-state index < -0.39 is 12.1 Å². The highest BCUT2D eigenvalue weighted by molar-refractivity contribution is 5.96. The normalized spacial score (nSPS) is 14.0. The predicted molar refractivity (Wildman–Crippen MR) is 119 cm³/mol. The van der Waals surface area contributed by atoms with E-state index in [0.717, 1.165) is 22.2 Å². The average Bonchev–Trinajstić information content (AvgIpc) is 3.18. The molecule has 0 fully saturated rings. The molecule has 32 heavy (non-hydrogen) atoms. The van der Waals surface area contributed by atoms with E-state index in [1.165, 1.54) is 7.11 Å². The van der Waals surface area contributed by atoms with Crippen LogP contribution in [0.2, 0.25) is 0 Å². The highest BCUT2D eigenvalue weighted by atomic mass is 16.5. The Kier molecular flexibility index (Phi) is 5.87. The van der Waals surface area contributed by atoms with Gasteiger partial charge in [0.25, 0.3) is 5.91 Å². The zero-order chi connectivity index (χ0) is 22.8. The summed E-state index contributed by atoms with van der Waals surface area (Å²) in [5, 5.41) is 10.3. The van der Waals surface area contributed by atoms with Gasteiger partial charge in [0, 0.05) is 41.7 Å². The number of methoxy groups -OCH3 is 1. The molecule has 3 aromatic rings. The van der Waals surface area contributed by atoms with Crippen LogP contribution in [0.25, 0.3) is 10.9 Å². The van der Waals surface area contributed by atoms with Gasteiger partial charge in [0.1, 0.15) is 11.8 Å². The molecule has 0 bridgehead atoms. The Morgan fingerprint density at radius 2 is 1.97 bits per heavy atom. The van der Waals surface area contributed by atoms with Crippen molar-refractivity contribution in [2.45, 2.75) is 32.9 Å². The highest BCUT2D eigenvalue weighted by Crippen LogP contribution is 2.30. The third kappa shape index (κ3) is 3.92. The average molecular weight is 431 g/mol. The number of esters is 1. The first-order valence-corrected chi connectivity index (χ1v) is 10.6. The Labute approximate surface area is 186 Å². The van der Waals surface area contributed by atoms with Crippen molar-refractivity contribution in [1.29, 1.82) is 5.26 Å². The minimum absolute atomic E-state index is 0.0791. The molecule has 7 heteroatoms. The molecular weight excluding hydrogens is 406 g/mol. The molecule has 1 N–H and O–H groups in total. The fraction of sp³-hybridized carbons (Fsp3) is 0.320. The van der Waals surface area contributed by atoms with Crippen LogP contribution in [-0.2, 0) is 22.5 Å².